The number of hydrogen-bond acceptors (Lipinski definition) is 12. The molecule has 0 bridgehead atoms. The minimum atomic E-state index is -0.160. The number of halogens is 1. The van der Waals surface area contributed by atoms with Gasteiger partial charge >= 0.3 is 0 Å². The SMILES string of the molecule is CCc1nc(-c2ccc3c(c2)CC[C@H]3NC(=O)c2cn[nH]c2)no1.CCc1nc(-c2ccc3c(c2)CC[C@H]3NC(=O)c2cnn(CCO)c2)no1.OCCBr. The van der Waals surface area contributed by atoms with E-state index in [2.05, 4.69) is 74.3 Å². The number of alkyl halides is 1. The highest BCUT2D eigenvalue weighted by atomic mass is 79.9. The van der Waals surface area contributed by atoms with Gasteiger partial charge in [0.1, 0.15) is 0 Å². The maximum Gasteiger partial charge on any atom is 0.254 e. The smallest absolute Gasteiger partial charge is 0.254 e. The summed E-state index contributed by atoms with van der Waals surface area (Å²) in [6, 6.07) is 12.2. The van der Waals surface area contributed by atoms with E-state index in [1.807, 2.05) is 38.1 Å². The Bertz CT molecular complexity index is 2180. The molecule has 17 heteroatoms. The van der Waals surface area contributed by atoms with E-state index in [1.54, 1.807) is 17.1 Å². The van der Waals surface area contributed by atoms with Crippen molar-refractivity contribution in [3.63, 3.8) is 0 Å². The third kappa shape index (κ3) is 9.59. The molecular weight excluding hydrogens is 772 g/mol. The monoisotopic (exact) mass is 814 g/mol. The number of H-pyrrole nitrogens is 1. The maximum absolute atomic E-state index is 12.5. The Labute approximate surface area is 325 Å². The van der Waals surface area contributed by atoms with Crippen LogP contribution in [0.25, 0.3) is 22.8 Å². The van der Waals surface area contributed by atoms with Gasteiger partial charge in [0.05, 0.1) is 55.4 Å². The van der Waals surface area contributed by atoms with Gasteiger partial charge in [0.25, 0.3) is 11.8 Å². The molecule has 55 heavy (non-hydrogen) atoms. The number of hydrogen-bond donors (Lipinski definition) is 5. The molecule has 2 amide bonds. The molecule has 0 aliphatic heterocycles. The first-order valence-corrected chi connectivity index (χ1v) is 19.3. The van der Waals surface area contributed by atoms with E-state index >= 15 is 0 Å². The van der Waals surface area contributed by atoms with Crippen molar-refractivity contribution in [2.45, 2.75) is 71.0 Å². The fourth-order valence-corrected chi connectivity index (χ4v) is 6.41. The van der Waals surface area contributed by atoms with Crippen molar-refractivity contribution in [1.82, 2.24) is 50.9 Å². The summed E-state index contributed by atoms with van der Waals surface area (Å²) in [7, 11) is 0. The van der Waals surface area contributed by atoms with Crippen LogP contribution in [0.4, 0.5) is 0 Å². The van der Waals surface area contributed by atoms with Crippen molar-refractivity contribution in [1.29, 1.82) is 0 Å². The zero-order valence-corrected chi connectivity index (χ0v) is 32.1. The van der Waals surface area contributed by atoms with Gasteiger partial charge < -0.3 is 29.9 Å². The second-order valence-electron chi connectivity index (χ2n) is 12.8. The molecule has 288 valence electrons. The van der Waals surface area contributed by atoms with E-state index in [0.29, 0.717) is 52.9 Å². The lowest BCUT2D eigenvalue weighted by atomic mass is 10.0. The van der Waals surface area contributed by atoms with Crippen LogP contribution in [0.2, 0.25) is 0 Å². The summed E-state index contributed by atoms with van der Waals surface area (Å²) in [5.74, 6) is 2.19. The number of rotatable bonds is 11. The Balaban J connectivity index is 0.000000172. The molecular formula is C38H43BrN10O6. The first kappa shape index (κ1) is 39.2. The number of amides is 2. The normalized spacial score (nSPS) is 15.3. The number of fused-ring (bicyclic) bond motifs is 2. The Hall–Kier alpha value is -5.52. The van der Waals surface area contributed by atoms with Crippen LogP contribution in [-0.2, 0) is 32.2 Å². The van der Waals surface area contributed by atoms with E-state index in [0.717, 1.165) is 54.4 Å². The number of aliphatic hydroxyl groups is 2. The molecule has 0 spiro atoms. The molecule has 0 unspecified atom stereocenters. The summed E-state index contributed by atoms with van der Waals surface area (Å²) in [4.78, 5) is 33.4. The lowest BCUT2D eigenvalue weighted by Gasteiger charge is -2.13. The summed E-state index contributed by atoms with van der Waals surface area (Å²) < 4.78 is 11.9. The second kappa shape index (κ2) is 18.7. The molecule has 2 aliphatic rings. The number of carbonyl (C=O) groups is 2. The molecule has 4 aromatic heterocycles. The van der Waals surface area contributed by atoms with Crippen LogP contribution in [0.3, 0.4) is 0 Å². The van der Waals surface area contributed by atoms with Crippen molar-refractivity contribution in [2.24, 2.45) is 0 Å². The minimum absolute atomic E-state index is 0.0127. The molecule has 0 saturated carbocycles. The van der Waals surface area contributed by atoms with Crippen molar-refractivity contribution >= 4 is 27.7 Å². The van der Waals surface area contributed by atoms with Gasteiger partial charge in [-0.15, -0.1) is 0 Å². The molecule has 0 fully saturated rings. The van der Waals surface area contributed by atoms with Crippen LogP contribution in [0.15, 0.2) is 70.2 Å². The Morgan fingerprint density at radius 1 is 0.836 bits per heavy atom. The molecule has 5 N–H and O–H groups in total. The predicted molar refractivity (Wildman–Crippen MR) is 204 cm³/mol. The van der Waals surface area contributed by atoms with E-state index in [-0.39, 0.29) is 37.1 Å². The van der Waals surface area contributed by atoms with Crippen LogP contribution >= 0.6 is 15.9 Å². The molecule has 8 rings (SSSR count). The third-order valence-electron chi connectivity index (χ3n) is 9.18. The summed E-state index contributed by atoms with van der Waals surface area (Å²) in [6.07, 6.45) is 11.2. The third-order valence-corrected chi connectivity index (χ3v) is 9.53. The fraction of sp³-hybridized carbons (Fsp3) is 0.368. The Morgan fingerprint density at radius 3 is 1.84 bits per heavy atom. The van der Waals surface area contributed by atoms with Crippen LogP contribution < -0.4 is 10.6 Å². The fourth-order valence-electron chi connectivity index (χ4n) is 6.41. The minimum Gasteiger partial charge on any atom is -0.396 e. The number of aromatic nitrogens is 8. The number of aryl methyl sites for hydroxylation is 4. The number of aromatic amines is 1. The first-order valence-electron chi connectivity index (χ1n) is 18.2. The quantitative estimate of drug-likeness (QED) is 0.112. The van der Waals surface area contributed by atoms with E-state index < -0.39 is 0 Å². The highest BCUT2D eigenvalue weighted by molar-refractivity contribution is 9.09. The predicted octanol–water partition coefficient (Wildman–Crippen LogP) is 4.72. The zero-order valence-electron chi connectivity index (χ0n) is 30.5. The molecule has 4 heterocycles. The summed E-state index contributed by atoms with van der Waals surface area (Å²) in [6.45, 7) is 4.55. The number of nitrogens with one attached hydrogen (secondary N) is 3. The van der Waals surface area contributed by atoms with Gasteiger partial charge in [-0.2, -0.15) is 20.2 Å². The van der Waals surface area contributed by atoms with Gasteiger partial charge in [0.15, 0.2) is 0 Å². The standard InChI is InChI=1S/C19H21N5O3.C17H17N5O2.C2H5BrO/c1-2-17-22-18(23-27-17)13-3-5-15-12(9-13)4-6-16(15)21-19(26)14-10-20-24(11-14)7-8-25;1-2-15-21-16(22-24-15)11-3-5-13-10(7-11)4-6-14(13)20-17(23)12-8-18-19-9-12;3-1-2-4/h3,5,9-11,16,25H,2,4,6-8H2,1H3,(H,21,26);3,5,7-9,14H,2,4,6H2,1H3,(H,18,19)(H,20,23);4H,1-2H2/t16-;14-;/m11./s1. The van der Waals surface area contributed by atoms with Gasteiger partial charge in [-0.3, -0.25) is 19.4 Å². The topological polar surface area (TPSA) is 223 Å². The zero-order chi connectivity index (χ0) is 38.7. The number of benzene rings is 2. The van der Waals surface area contributed by atoms with Crippen molar-refractivity contribution in [2.75, 3.05) is 18.5 Å². The van der Waals surface area contributed by atoms with Crippen molar-refractivity contribution < 1.29 is 28.8 Å². The van der Waals surface area contributed by atoms with E-state index in [4.69, 9.17) is 19.3 Å². The van der Waals surface area contributed by atoms with Crippen LogP contribution in [0.1, 0.15) is 93.5 Å². The molecule has 16 nitrogen and oxygen atoms in total. The van der Waals surface area contributed by atoms with Gasteiger partial charge in [0, 0.05) is 41.7 Å². The van der Waals surface area contributed by atoms with Crippen molar-refractivity contribution in [3.8, 4) is 22.8 Å². The van der Waals surface area contributed by atoms with E-state index in [9.17, 15) is 9.59 Å². The highest BCUT2D eigenvalue weighted by Crippen LogP contribution is 2.35. The first-order chi connectivity index (χ1) is 26.8. The summed E-state index contributed by atoms with van der Waals surface area (Å²) in [5, 5.41) is 42.2. The number of carbonyl (C=O) groups excluding carboxylic acids is 2. The van der Waals surface area contributed by atoms with E-state index in [1.165, 1.54) is 23.5 Å². The highest BCUT2D eigenvalue weighted by Gasteiger charge is 2.27. The lowest BCUT2D eigenvalue weighted by molar-refractivity contribution is 0.0928. The average molecular weight is 816 g/mol. The molecule has 0 radical (unpaired) electrons. The van der Waals surface area contributed by atoms with Gasteiger partial charge in [0.2, 0.25) is 23.4 Å². The van der Waals surface area contributed by atoms with Gasteiger partial charge in [-0.1, -0.05) is 64.4 Å². The van der Waals surface area contributed by atoms with Crippen molar-refractivity contribution in [3.05, 3.63) is 106 Å². The largest absolute Gasteiger partial charge is 0.396 e. The Kier molecular flexibility index (Phi) is 13.3. The molecule has 0 saturated heterocycles. The Morgan fingerprint density at radius 2 is 1.38 bits per heavy atom. The second-order valence-corrected chi connectivity index (χ2v) is 13.6. The summed E-state index contributed by atoms with van der Waals surface area (Å²) in [5.41, 5.74) is 7.58. The number of aliphatic hydroxyl groups excluding tert-OH is 2. The summed E-state index contributed by atoms with van der Waals surface area (Å²) >= 11 is 3.00. The van der Waals surface area contributed by atoms with Gasteiger partial charge in [-0.05, 0) is 60.1 Å². The van der Waals surface area contributed by atoms with Crippen LogP contribution in [-0.4, -0.2) is 80.8 Å². The molecule has 6 aromatic rings. The maximum atomic E-state index is 12.5. The molecule has 2 aromatic carbocycles. The average Bonchev–Trinajstić information content (AvgIpc) is 4.07. The molecule has 2 atom stereocenters. The number of nitrogens with zero attached hydrogens (tertiary/aromatic N) is 7. The van der Waals surface area contributed by atoms with Gasteiger partial charge in [-0.25, -0.2) is 0 Å². The van der Waals surface area contributed by atoms with Crippen LogP contribution in [0.5, 0.6) is 0 Å². The van der Waals surface area contributed by atoms with Crippen LogP contribution in [0, 0.1) is 0 Å². The lowest BCUT2D eigenvalue weighted by Crippen LogP contribution is -2.26. The molecule has 2 aliphatic carbocycles.